The van der Waals surface area contributed by atoms with Gasteiger partial charge in [-0.2, -0.15) is 0 Å². The van der Waals surface area contributed by atoms with Gasteiger partial charge >= 0.3 is 19.5 Å². The summed E-state index contributed by atoms with van der Waals surface area (Å²) in [6, 6.07) is 0. The van der Waals surface area contributed by atoms with Gasteiger partial charge in [0, 0.05) is 15.8 Å². The first-order valence-corrected chi connectivity index (χ1v) is 22.7. The van der Waals surface area contributed by atoms with E-state index in [0.29, 0.717) is 0 Å². The van der Waals surface area contributed by atoms with Crippen LogP contribution in [0.1, 0.15) is 193 Å². The second kappa shape index (κ2) is 25.4. The predicted molar refractivity (Wildman–Crippen MR) is 195 cm³/mol. The molecule has 5 heteroatoms. The molecule has 2 N–H and O–H groups in total. The molecule has 2 nitrogen and oxygen atoms in total. The van der Waals surface area contributed by atoms with Crippen molar-refractivity contribution in [3.63, 3.8) is 0 Å². The average Bonchev–Trinajstić information content (AvgIpc) is 3.10. The predicted octanol–water partition coefficient (Wildman–Crippen LogP) is 12.2. The van der Waals surface area contributed by atoms with Crippen LogP contribution < -0.4 is 0 Å². The van der Waals surface area contributed by atoms with Crippen molar-refractivity contribution in [3.8, 4) is 0 Å². The number of aliphatic hydroxyl groups excluding tert-OH is 2. The van der Waals surface area contributed by atoms with Crippen molar-refractivity contribution in [2.45, 2.75) is 227 Å². The van der Waals surface area contributed by atoms with Gasteiger partial charge in [-0.3, -0.25) is 0 Å². The topological polar surface area (TPSA) is 40.5 Å². The fourth-order valence-corrected chi connectivity index (χ4v) is 21.1. The molecule has 0 aromatic rings. The summed E-state index contributed by atoms with van der Waals surface area (Å²) in [4.78, 5) is 0. The Morgan fingerprint density at radius 2 is 0.372 bits per heavy atom. The zero-order valence-corrected chi connectivity index (χ0v) is 32.4. The van der Waals surface area contributed by atoms with Crippen LogP contribution in [0.2, 0.25) is 0 Å². The Morgan fingerprint density at radius 3 is 0.488 bits per heavy atom. The van der Waals surface area contributed by atoms with E-state index in [9.17, 15) is 0 Å². The van der Waals surface area contributed by atoms with E-state index < -0.39 is 0 Å². The molecule has 6 saturated carbocycles. The van der Waals surface area contributed by atoms with Crippen LogP contribution in [0.3, 0.4) is 0 Å². The Bertz CT molecular complexity index is 476. The van der Waals surface area contributed by atoms with Crippen molar-refractivity contribution in [1.29, 1.82) is 0 Å². The van der Waals surface area contributed by atoms with E-state index >= 15 is 0 Å². The molecule has 43 heavy (non-hydrogen) atoms. The minimum atomic E-state index is -0.0465. The minimum absolute atomic E-state index is 0. The zero-order chi connectivity index (χ0) is 29.8. The van der Waals surface area contributed by atoms with Crippen molar-refractivity contribution in [2.24, 2.45) is 0 Å². The van der Waals surface area contributed by atoms with Gasteiger partial charge in [-0.05, 0) is 154 Å². The van der Waals surface area contributed by atoms with Gasteiger partial charge in [0.05, 0.1) is 34.0 Å². The quantitative estimate of drug-likeness (QED) is 0.162. The summed E-state index contributed by atoms with van der Waals surface area (Å²) in [6.45, 7) is 0. The summed E-state index contributed by atoms with van der Waals surface area (Å²) in [7, 11) is 4.41. The molecule has 0 heterocycles. The van der Waals surface area contributed by atoms with Gasteiger partial charge in [-0.15, -0.1) is 0 Å². The maximum atomic E-state index is 6.75. The number of hydrogen-bond acceptors (Lipinski definition) is 2. The SMILES string of the molecule is C1CCC([PH+](C2CCCCC2)C2CCCCC2)CC1.C1CCC([PH+](C2CCCCC2)C2CCCCC2)CC1.[CH2-]O.[CH2-]O.[RuH2+2]. The molecule has 0 amide bonds. The molecule has 6 aliphatic carbocycles. The Labute approximate surface area is 285 Å². The van der Waals surface area contributed by atoms with Crippen LogP contribution in [0.15, 0.2) is 0 Å². The molecule has 0 atom stereocenters. The van der Waals surface area contributed by atoms with Crippen molar-refractivity contribution >= 4 is 15.8 Å². The first-order valence-electron chi connectivity index (χ1n) is 19.3. The molecule has 0 unspecified atom stereocenters. The van der Waals surface area contributed by atoms with Gasteiger partial charge < -0.3 is 10.2 Å². The standard InChI is InChI=1S/2C18H33P.2CH3O.Ru.2H/c2*1-4-10-16(11-5-1)19(17-12-6-2-7-13-17)18-14-8-3-9-15-18;2*1-2;;;/h2*16-18H,1-15H2;2*2H,1H2;;;/q;;2*-1;+2;;/p+2. The number of rotatable bonds is 6. The maximum absolute atomic E-state index is 6.75. The summed E-state index contributed by atoms with van der Waals surface area (Å²) in [5, 5.41) is 13.5. The molecule has 0 radical (unpaired) electrons. The van der Waals surface area contributed by atoms with Gasteiger partial charge in [0.15, 0.2) is 0 Å². The molecule has 6 aliphatic rings. The summed E-state index contributed by atoms with van der Waals surface area (Å²) >= 11 is 0. The second-order valence-corrected chi connectivity index (χ2v) is 21.9. The Kier molecular flexibility index (Phi) is 24.0. The fourth-order valence-electron chi connectivity index (χ4n) is 10.6. The van der Waals surface area contributed by atoms with Gasteiger partial charge in [-0.1, -0.05) is 38.5 Å². The summed E-state index contributed by atoms with van der Waals surface area (Å²) in [5.41, 5.74) is 7.36. The van der Waals surface area contributed by atoms with Crippen LogP contribution in [0, 0.1) is 14.2 Å². The van der Waals surface area contributed by atoms with Crippen LogP contribution in [-0.4, -0.2) is 44.2 Å². The van der Waals surface area contributed by atoms with E-state index in [1.54, 1.807) is 193 Å². The number of aliphatic hydroxyl groups is 2. The van der Waals surface area contributed by atoms with E-state index in [1.807, 2.05) is 0 Å². The zero-order valence-electron chi connectivity index (χ0n) is 28.4. The van der Waals surface area contributed by atoms with Crippen molar-refractivity contribution in [2.75, 3.05) is 0 Å². The van der Waals surface area contributed by atoms with Crippen LogP contribution >= 0.6 is 15.8 Å². The van der Waals surface area contributed by atoms with Crippen LogP contribution in [0.4, 0.5) is 0 Å². The van der Waals surface area contributed by atoms with Crippen molar-refractivity contribution in [1.82, 2.24) is 0 Å². The first-order chi connectivity index (χ1) is 20.9. The first kappa shape index (κ1) is 40.6. The molecule has 6 fully saturated rings. The van der Waals surface area contributed by atoms with E-state index in [-0.39, 0.29) is 35.3 Å². The van der Waals surface area contributed by atoms with E-state index in [4.69, 9.17) is 10.2 Å². The third-order valence-electron chi connectivity index (χ3n) is 12.5. The van der Waals surface area contributed by atoms with E-state index in [2.05, 4.69) is 14.2 Å². The van der Waals surface area contributed by atoms with Gasteiger partial charge in [-0.25, -0.2) is 14.2 Å². The summed E-state index contributed by atoms with van der Waals surface area (Å²) in [5.74, 6) is 0. The molecule has 0 spiro atoms. The van der Waals surface area contributed by atoms with Gasteiger partial charge in [0.2, 0.25) is 0 Å². The normalized spacial score (nSPS) is 25.8. The number of hydrogen-bond donors (Lipinski definition) is 2. The molecule has 0 saturated heterocycles. The molecule has 6 rings (SSSR count). The van der Waals surface area contributed by atoms with Gasteiger partial charge in [0.25, 0.3) is 0 Å². The molecule has 0 bridgehead atoms. The summed E-state index contributed by atoms with van der Waals surface area (Å²) in [6.07, 6.45) is 47.6. The fraction of sp³-hybridized carbons (Fsp3) is 0.947. The average molecular weight is 728 g/mol. The van der Waals surface area contributed by atoms with Gasteiger partial charge in [0.1, 0.15) is 0 Å². The van der Waals surface area contributed by atoms with Crippen LogP contribution in [0.25, 0.3) is 0 Å². The molecule has 0 aliphatic heterocycles. The van der Waals surface area contributed by atoms with E-state index in [0.717, 1.165) is 0 Å². The molecule has 256 valence electrons. The molecule has 0 aromatic carbocycles. The second-order valence-electron chi connectivity index (χ2n) is 15.0. The Balaban J connectivity index is 0.000000264. The van der Waals surface area contributed by atoms with Crippen LogP contribution in [0.5, 0.6) is 0 Å². The Morgan fingerprint density at radius 1 is 0.256 bits per heavy atom. The molecular formula is C38H76O2P2Ru+2. The Hall–Kier alpha value is 1.40. The van der Waals surface area contributed by atoms with E-state index in [1.165, 1.54) is 34.0 Å². The van der Waals surface area contributed by atoms with Crippen LogP contribution in [-0.2, 0) is 19.5 Å². The monoisotopic (exact) mass is 728 g/mol. The molecular weight excluding hydrogens is 651 g/mol. The third kappa shape index (κ3) is 13.8. The van der Waals surface area contributed by atoms with Crippen molar-refractivity contribution < 1.29 is 29.7 Å². The summed E-state index contributed by atoms with van der Waals surface area (Å²) < 4.78 is 0. The third-order valence-corrected chi connectivity index (χ3v) is 21.6. The van der Waals surface area contributed by atoms with Crippen molar-refractivity contribution in [3.05, 3.63) is 14.2 Å². The molecule has 0 aromatic heterocycles.